The first-order valence-electron chi connectivity index (χ1n) is 8.65. The molecule has 28 heavy (non-hydrogen) atoms. The Balaban J connectivity index is 1.69. The lowest BCUT2D eigenvalue weighted by atomic mass is 10.3. The van der Waals surface area contributed by atoms with Gasteiger partial charge in [-0.25, -0.2) is 8.42 Å². The molecule has 0 saturated heterocycles. The van der Waals surface area contributed by atoms with Crippen LogP contribution in [0, 0.1) is 0 Å². The maximum absolute atomic E-state index is 12.6. The number of anilines is 1. The summed E-state index contributed by atoms with van der Waals surface area (Å²) >= 11 is 1.48. The van der Waals surface area contributed by atoms with Crippen molar-refractivity contribution in [2.24, 2.45) is 0 Å². The van der Waals surface area contributed by atoms with E-state index in [0.717, 1.165) is 4.88 Å². The van der Waals surface area contributed by atoms with Crippen molar-refractivity contribution in [3.05, 3.63) is 41.8 Å². The molecule has 0 unspecified atom stereocenters. The van der Waals surface area contributed by atoms with Crippen LogP contribution in [0.2, 0.25) is 0 Å². The van der Waals surface area contributed by atoms with Crippen molar-refractivity contribution >= 4 is 33.0 Å². The molecule has 0 aliphatic rings. The maximum Gasteiger partial charge on any atom is 0.248 e. The Bertz CT molecular complexity index is 1040. The molecular weight excluding hydrogens is 400 g/mol. The number of thiophene rings is 1. The van der Waals surface area contributed by atoms with Crippen molar-refractivity contribution in [3.63, 3.8) is 0 Å². The predicted molar refractivity (Wildman–Crippen MR) is 106 cm³/mol. The Kier molecular flexibility index (Phi) is 6.17. The van der Waals surface area contributed by atoms with Crippen LogP contribution in [0.3, 0.4) is 0 Å². The maximum atomic E-state index is 12.6. The summed E-state index contributed by atoms with van der Waals surface area (Å²) in [5.74, 6) is 0.0719. The smallest absolute Gasteiger partial charge is 0.248 e. The molecule has 2 heterocycles. The van der Waals surface area contributed by atoms with Gasteiger partial charge in [-0.05, 0) is 34.9 Å². The lowest BCUT2D eigenvalue weighted by Gasteiger charge is -2.18. The van der Waals surface area contributed by atoms with Crippen LogP contribution in [0.1, 0.15) is 13.8 Å². The van der Waals surface area contributed by atoms with Crippen LogP contribution >= 0.6 is 11.3 Å². The summed E-state index contributed by atoms with van der Waals surface area (Å²) in [6.07, 6.45) is 0. The van der Waals surface area contributed by atoms with E-state index in [0.29, 0.717) is 24.6 Å². The number of nitrogens with zero attached hydrogens (tertiary/aromatic N) is 5. The van der Waals surface area contributed by atoms with Gasteiger partial charge in [-0.1, -0.05) is 26.0 Å². The minimum absolute atomic E-state index is 0.132. The van der Waals surface area contributed by atoms with Crippen LogP contribution in [0.5, 0.6) is 0 Å². The van der Waals surface area contributed by atoms with Crippen LogP contribution < -0.4 is 5.32 Å². The van der Waals surface area contributed by atoms with Crippen LogP contribution in [0.15, 0.2) is 46.7 Å². The van der Waals surface area contributed by atoms with E-state index in [1.807, 2.05) is 17.5 Å². The Morgan fingerprint density at radius 2 is 2.00 bits per heavy atom. The zero-order chi connectivity index (χ0) is 20.1. The van der Waals surface area contributed by atoms with Crippen molar-refractivity contribution in [1.82, 2.24) is 24.5 Å². The third kappa shape index (κ3) is 4.43. The number of carbonyl (C=O) groups is 1. The largest absolute Gasteiger partial charge is 0.324 e. The summed E-state index contributed by atoms with van der Waals surface area (Å²) in [4.78, 5) is 14.5. The molecule has 1 aromatic carbocycles. The Morgan fingerprint density at radius 3 is 2.68 bits per heavy atom. The van der Waals surface area contributed by atoms with Gasteiger partial charge in [0.2, 0.25) is 21.8 Å². The summed E-state index contributed by atoms with van der Waals surface area (Å²) in [5, 5.41) is 16.6. The monoisotopic (exact) mass is 420 g/mol. The number of tetrazole rings is 1. The highest BCUT2D eigenvalue weighted by Gasteiger charge is 2.22. The van der Waals surface area contributed by atoms with Gasteiger partial charge in [0.05, 0.1) is 9.77 Å². The van der Waals surface area contributed by atoms with Crippen LogP contribution in [-0.4, -0.2) is 51.9 Å². The SMILES string of the molecule is CCN(CC)S(=O)(=O)c1cccc(NC(=O)Cn2nnc(-c3cccs3)n2)c1. The van der Waals surface area contributed by atoms with Gasteiger partial charge in [-0.3, -0.25) is 4.79 Å². The minimum atomic E-state index is -3.60. The van der Waals surface area contributed by atoms with E-state index < -0.39 is 10.0 Å². The average molecular weight is 421 g/mol. The highest BCUT2D eigenvalue weighted by Crippen LogP contribution is 2.20. The van der Waals surface area contributed by atoms with Gasteiger partial charge in [0.1, 0.15) is 6.54 Å². The molecule has 1 N–H and O–H groups in total. The van der Waals surface area contributed by atoms with Crippen LogP contribution in [0.25, 0.3) is 10.7 Å². The number of hydrogen-bond acceptors (Lipinski definition) is 7. The van der Waals surface area contributed by atoms with E-state index in [9.17, 15) is 13.2 Å². The highest BCUT2D eigenvalue weighted by atomic mass is 32.2. The van der Waals surface area contributed by atoms with Crippen molar-refractivity contribution in [3.8, 4) is 10.7 Å². The molecule has 3 aromatic rings. The topological polar surface area (TPSA) is 110 Å². The van der Waals surface area contributed by atoms with Crippen LogP contribution in [-0.2, 0) is 21.4 Å². The molecule has 9 nitrogen and oxygen atoms in total. The van der Waals surface area contributed by atoms with E-state index in [-0.39, 0.29) is 17.3 Å². The van der Waals surface area contributed by atoms with E-state index in [4.69, 9.17) is 0 Å². The second-order valence-electron chi connectivity index (χ2n) is 5.79. The summed E-state index contributed by atoms with van der Waals surface area (Å²) in [5.41, 5.74) is 0.386. The molecule has 3 rings (SSSR count). The standard InChI is InChI=1S/C17H20N6O3S2/c1-3-22(4-2)28(25,26)14-8-5-7-13(11-14)18-16(24)12-23-20-17(19-21-23)15-9-6-10-27-15/h5-11H,3-4,12H2,1-2H3,(H,18,24). The van der Waals surface area contributed by atoms with Gasteiger partial charge in [0.15, 0.2) is 0 Å². The summed E-state index contributed by atoms with van der Waals surface area (Å²) in [6.45, 7) is 4.18. The van der Waals surface area contributed by atoms with Gasteiger partial charge in [0.25, 0.3) is 0 Å². The Labute approximate surface area is 167 Å². The summed E-state index contributed by atoms with van der Waals surface area (Å²) in [6, 6.07) is 9.92. The molecule has 0 aliphatic carbocycles. The molecule has 148 valence electrons. The second kappa shape index (κ2) is 8.59. The molecule has 0 radical (unpaired) electrons. The number of nitrogens with one attached hydrogen (secondary N) is 1. The molecule has 11 heteroatoms. The first-order chi connectivity index (χ1) is 13.4. The lowest BCUT2D eigenvalue weighted by molar-refractivity contribution is -0.117. The number of benzene rings is 1. The number of carbonyl (C=O) groups excluding carboxylic acids is 1. The van der Waals surface area contributed by atoms with Crippen molar-refractivity contribution in [2.45, 2.75) is 25.3 Å². The summed E-state index contributed by atoms with van der Waals surface area (Å²) < 4.78 is 26.6. The van der Waals surface area contributed by atoms with E-state index >= 15 is 0 Å². The predicted octanol–water partition coefficient (Wildman–Crippen LogP) is 2.07. The minimum Gasteiger partial charge on any atom is -0.324 e. The molecule has 0 bridgehead atoms. The van der Waals surface area contributed by atoms with E-state index in [1.54, 1.807) is 26.0 Å². The van der Waals surface area contributed by atoms with E-state index in [2.05, 4.69) is 20.7 Å². The van der Waals surface area contributed by atoms with Crippen molar-refractivity contribution < 1.29 is 13.2 Å². The zero-order valence-electron chi connectivity index (χ0n) is 15.4. The first-order valence-corrected chi connectivity index (χ1v) is 11.0. The molecule has 0 fully saturated rings. The zero-order valence-corrected chi connectivity index (χ0v) is 17.1. The molecule has 2 aromatic heterocycles. The normalized spacial score (nSPS) is 11.7. The number of hydrogen-bond donors (Lipinski definition) is 1. The average Bonchev–Trinajstić information content (AvgIpc) is 3.34. The number of sulfonamides is 1. The number of amides is 1. The first kappa shape index (κ1) is 20.1. The van der Waals surface area contributed by atoms with Crippen LogP contribution in [0.4, 0.5) is 5.69 Å². The third-order valence-corrected chi connectivity index (χ3v) is 6.85. The van der Waals surface area contributed by atoms with Gasteiger partial charge >= 0.3 is 0 Å². The molecule has 0 atom stereocenters. The van der Waals surface area contributed by atoms with Gasteiger partial charge in [-0.15, -0.1) is 21.5 Å². The molecule has 0 spiro atoms. The molecule has 1 amide bonds. The number of aromatic nitrogens is 4. The van der Waals surface area contributed by atoms with Gasteiger partial charge in [-0.2, -0.15) is 9.10 Å². The fourth-order valence-corrected chi connectivity index (χ4v) is 4.74. The fourth-order valence-electron chi connectivity index (χ4n) is 2.59. The van der Waals surface area contributed by atoms with E-state index in [1.165, 1.54) is 32.6 Å². The van der Waals surface area contributed by atoms with Crippen molar-refractivity contribution in [2.75, 3.05) is 18.4 Å². The molecular formula is C17H20N6O3S2. The Morgan fingerprint density at radius 1 is 1.21 bits per heavy atom. The highest BCUT2D eigenvalue weighted by molar-refractivity contribution is 7.89. The van der Waals surface area contributed by atoms with Crippen molar-refractivity contribution in [1.29, 1.82) is 0 Å². The second-order valence-corrected chi connectivity index (χ2v) is 8.67. The number of rotatable bonds is 8. The third-order valence-electron chi connectivity index (χ3n) is 3.94. The summed E-state index contributed by atoms with van der Waals surface area (Å²) in [7, 11) is -3.60. The fraction of sp³-hybridized carbons (Fsp3) is 0.294. The van der Waals surface area contributed by atoms with Gasteiger partial charge < -0.3 is 5.32 Å². The molecule has 0 aliphatic heterocycles. The molecule has 0 saturated carbocycles. The Hall–Kier alpha value is -2.63. The lowest BCUT2D eigenvalue weighted by Crippen LogP contribution is -2.30. The van der Waals surface area contributed by atoms with Gasteiger partial charge in [0, 0.05) is 18.8 Å². The quantitative estimate of drug-likeness (QED) is 0.597.